The first kappa shape index (κ1) is 30.1. The highest BCUT2D eigenvalue weighted by molar-refractivity contribution is 7.80. The van der Waals surface area contributed by atoms with Gasteiger partial charge in [0, 0.05) is 23.3 Å². The zero-order chi connectivity index (χ0) is 30.2. The number of nitrogens with zero attached hydrogens (tertiary/aromatic N) is 1. The van der Waals surface area contributed by atoms with Gasteiger partial charge in [0.2, 0.25) is 0 Å². The Bertz CT molecular complexity index is 1440. The van der Waals surface area contributed by atoms with E-state index in [-0.39, 0.29) is 17.2 Å². The molecular weight excluding hydrogens is 578 g/mol. The molecule has 5 atom stereocenters. The number of anilines is 1. The third kappa shape index (κ3) is 6.34. The fourth-order valence-electron chi connectivity index (χ4n) is 6.22. The third-order valence-corrected chi connectivity index (χ3v) is 8.55. The lowest BCUT2D eigenvalue weighted by Gasteiger charge is -2.44. The number of alkyl halides is 6. The predicted octanol–water partition coefficient (Wildman–Crippen LogP) is 7.50. The first-order valence-corrected chi connectivity index (χ1v) is 13.9. The van der Waals surface area contributed by atoms with E-state index in [0.717, 1.165) is 36.8 Å². The first-order chi connectivity index (χ1) is 19.9. The van der Waals surface area contributed by atoms with Crippen LogP contribution < -0.4 is 20.7 Å². The summed E-state index contributed by atoms with van der Waals surface area (Å²) in [6.45, 7) is 4.70. The minimum atomic E-state index is -4.98. The van der Waals surface area contributed by atoms with Crippen LogP contribution in [-0.4, -0.2) is 29.8 Å². The van der Waals surface area contributed by atoms with E-state index in [1.807, 2.05) is 24.3 Å². The summed E-state index contributed by atoms with van der Waals surface area (Å²) in [5.41, 5.74) is -1.75. The number of methoxy groups -OCH3 is 1. The van der Waals surface area contributed by atoms with Crippen molar-refractivity contribution in [2.75, 3.05) is 19.0 Å². The minimum Gasteiger partial charge on any atom is -0.497 e. The summed E-state index contributed by atoms with van der Waals surface area (Å²) in [6, 6.07) is 7.98. The number of aromatic nitrogens is 1. The maximum absolute atomic E-state index is 13.4. The second-order valence-electron chi connectivity index (χ2n) is 10.8. The summed E-state index contributed by atoms with van der Waals surface area (Å²) in [6.07, 6.45) is -3.50. The van der Waals surface area contributed by atoms with Gasteiger partial charge in [0.25, 0.3) is 0 Å². The SMILES string of the molecule is C=CC1CC2CC(C(NC(=S)Nc3cc(C(F)(F)F)cc(C(F)(F)F)c3)c3ccnc4ccc(OC)cc34)NCCC12. The highest BCUT2D eigenvalue weighted by Crippen LogP contribution is 2.48. The Morgan fingerprint density at radius 3 is 2.43 bits per heavy atom. The molecule has 12 heteroatoms. The molecule has 1 aliphatic carbocycles. The number of hydrogen-bond donors (Lipinski definition) is 3. The Labute approximate surface area is 244 Å². The van der Waals surface area contributed by atoms with Gasteiger partial charge in [-0.25, -0.2) is 0 Å². The van der Waals surface area contributed by atoms with Crippen LogP contribution in [0.2, 0.25) is 0 Å². The van der Waals surface area contributed by atoms with E-state index >= 15 is 0 Å². The van der Waals surface area contributed by atoms with Crippen molar-refractivity contribution in [1.82, 2.24) is 15.6 Å². The molecule has 0 spiro atoms. The van der Waals surface area contributed by atoms with Crippen LogP contribution in [0.5, 0.6) is 5.75 Å². The average molecular weight is 609 g/mol. The maximum Gasteiger partial charge on any atom is 0.416 e. The highest BCUT2D eigenvalue weighted by Gasteiger charge is 2.43. The number of ether oxygens (including phenoxy) is 1. The first-order valence-electron chi connectivity index (χ1n) is 13.5. The molecule has 3 aromatic rings. The van der Waals surface area contributed by atoms with Crippen molar-refractivity contribution in [3.63, 3.8) is 0 Å². The quantitative estimate of drug-likeness (QED) is 0.153. The molecular formula is C30H30F6N4OS. The fourth-order valence-corrected chi connectivity index (χ4v) is 6.46. The van der Waals surface area contributed by atoms with Crippen LogP contribution in [0.25, 0.3) is 10.9 Å². The Hall–Kier alpha value is -3.38. The zero-order valence-corrected chi connectivity index (χ0v) is 23.5. The smallest absolute Gasteiger partial charge is 0.416 e. The summed E-state index contributed by atoms with van der Waals surface area (Å²) in [7, 11) is 1.55. The maximum atomic E-state index is 13.4. The fraction of sp³-hybridized carbons (Fsp3) is 0.400. The Morgan fingerprint density at radius 2 is 1.79 bits per heavy atom. The van der Waals surface area contributed by atoms with Crippen LogP contribution in [-0.2, 0) is 12.4 Å². The lowest BCUT2D eigenvalue weighted by atomic mass is 9.62. The van der Waals surface area contributed by atoms with E-state index in [0.29, 0.717) is 41.2 Å². The minimum absolute atomic E-state index is 0.0853. The van der Waals surface area contributed by atoms with Crippen molar-refractivity contribution >= 4 is 33.9 Å². The van der Waals surface area contributed by atoms with E-state index in [1.54, 1.807) is 19.4 Å². The molecule has 2 fully saturated rings. The Balaban J connectivity index is 1.49. The molecule has 0 amide bonds. The van der Waals surface area contributed by atoms with Gasteiger partial charge in [-0.3, -0.25) is 4.98 Å². The van der Waals surface area contributed by atoms with Gasteiger partial charge in [-0.2, -0.15) is 26.3 Å². The molecule has 42 heavy (non-hydrogen) atoms. The zero-order valence-electron chi connectivity index (χ0n) is 22.6. The van der Waals surface area contributed by atoms with Crippen molar-refractivity contribution in [3.05, 3.63) is 78.0 Å². The number of pyridine rings is 1. The number of fused-ring (bicyclic) bond motifs is 2. The summed E-state index contributed by atoms with van der Waals surface area (Å²) < 4.78 is 86.1. The van der Waals surface area contributed by atoms with Gasteiger partial charge in [0.15, 0.2) is 5.11 Å². The summed E-state index contributed by atoms with van der Waals surface area (Å²) in [4.78, 5) is 4.46. The standard InChI is InChI=1S/C30H30F6N4OS/c1-3-16-10-17-11-26(38-8-6-22(16)17)27(23-7-9-37-25-5-4-21(41-2)15-24(23)25)40-28(42)39-20-13-18(29(31,32)33)12-19(14-20)30(34,35)36/h3-5,7,9,12-17,22,26-27,38H,1,6,8,10-11H2,2H3,(H2,39,40,42). The monoisotopic (exact) mass is 608 g/mol. The summed E-state index contributed by atoms with van der Waals surface area (Å²) in [5.74, 6) is 2.02. The second kappa shape index (κ2) is 11.7. The largest absolute Gasteiger partial charge is 0.497 e. The van der Waals surface area contributed by atoms with Crippen molar-refractivity contribution in [1.29, 1.82) is 0 Å². The molecule has 5 rings (SSSR count). The average Bonchev–Trinajstić information content (AvgIpc) is 3.09. The molecule has 5 unspecified atom stereocenters. The van der Waals surface area contributed by atoms with Gasteiger partial charge >= 0.3 is 12.4 Å². The van der Waals surface area contributed by atoms with Crippen molar-refractivity contribution in [3.8, 4) is 5.75 Å². The molecule has 0 bridgehead atoms. The molecule has 2 aliphatic rings. The topological polar surface area (TPSA) is 58.2 Å². The molecule has 224 valence electrons. The van der Waals surface area contributed by atoms with Crippen LogP contribution in [0.15, 0.2) is 61.3 Å². The molecule has 2 heterocycles. The molecule has 3 N–H and O–H groups in total. The molecule has 5 nitrogen and oxygen atoms in total. The third-order valence-electron chi connectivity index (χ3n) is 8.33. The molecule has 1 saturated heterocycles. The van der Waals surface area contributed by atoms with E-state index in [4.69, 9.17) is 17.0 Å². The van der Waals surface area contributed by atoms with E-state index in [2.05, 4.69) is 27.5 Å². The van der Waals surface area contributed by atoms with E-state index in [1.165, 1.54) is 0 Å². The van der Waals surface area contributed by atoms with Crippen molar-refractivity contribution in [2.24, 2.45) is 17.8 Å². The van der Waals surface area contributed by atoms with Gasteiger partial charge in [0.1, 0.15) is 5.75 Å². The number of hydrogen-bond acceptors (Lipinski definition) is 4. The lowest BCUT2D eigenvalue weighted by Crippen LogP contribution is -2.46. The molecule has 1 saturated carbocycles. The van der Waals surface area contributed by atoms with E-state index in [9.17, 15) is 26.3 Å². The molecule has 1 aromatic heterocycles. The van der Waals surface area contributed by atoms with Gasteiger partial charge in [-0.05, 0) is 104 Å². The van der Waals surface area contributed by atoms with Crippen molar-refractivity contribution < 1.29 is 31.1 Å². The van der Waals surface area contributed by atoms with Gasteiger partial charge in [0.05, 0.1) is 29.8 Å². The molecule has 2 aromatic carbocycles. The van der Waals surface area contributed by atoms with Crippen molar-refractivity contribution in [2.45, 2.75) is 43.7 Å². The van der Waals surface area contributed by atoms with Gasteiger partial charge in [-0.1, -0.05) is 6.08 Å². The number of allylic oxidation sites excluding steroid dienone is 1. The molecule has 0 radical (unpaired) electrons. The number of thiocarbonyl (C=S) groups is 1. The second-order valence-corrected chi connectivity index (χ2v) is 11.2. The van der Waals surface area contributed by atoms with Crippen LogP contribution in [0.4, 0.5) is 32.0 Å². The Morgan fingerprint density at radius 1 is 1.07 bits per heavy atom. The van der Waals surface area contributed by atoms with Crippen LogP contribution >= 0.6 is 12.2 Å². The van der Waals surface area contributed by atoms with Gasteiger partial charge in [-0.15, -0.1) is 6.58 Å². The normalized spacial score (nSPS) is 23.2. The lowest BCUT2D eigenvalue weighted by molar-refractivity contribution is -0.143. The number of nitrogens with one attached hydrogen (secondary N) is 3. The summed E-state index contributed by atoms with van der Waals surface area (Å²) >= 11 is 5.50. The van der Waals surface area contributed by atoms with Crippen LogP contribution in [0, 0.1) is 17.8 Å². The summed E-state index contributed by atoms with van der Waals surface area (Å²) in [5, 5.41) is 10.1. The number of benzene rings is 2. The molecule has 1 aliphatic heterocycles. The van der Waals surface area contributed by atoms with E-state index < -0.39 is 35.2 Å². The van der Waals surface area contributed by atoms with Gasteiger partial charge < -0.3 is 20.7 Å². The predicted molar refractivity (Wildman–Crippen MR) is 153 cm³/mol. The highest BCUT2D eigenvalue weighted by atomic mass is 32.1. The van der Waals surface area contributed by atoms with Crippen LogP contribution in [0.1, 0.15) is 42.0 Å². The Kier molecular flexibility index (Phi) is 8.39. The number of halogens is 6. The van der Waals surface area contributed by atoms with Crippen LogP contribution in [0.3, 0.4) is 0 Å². The number of rotatable bonds is 6.